The molecule has 0 unspecified atom stereocenters. The summed E-state index contributed by atoms with van der Waals surface area (Å²) < 4.78 is 37.8. The van der Waals surface area contributed by atoms with Gasteiger partial charge < -0.3 is 10.6 Å². The quantitative estimate of drug-likeness (QED) is 0.901. The van der Waals surface area contributed by atoms with Gasteiger partial charge in [0, 0.05) is 6.04 Å². The highest BCUT2D eigenvalue weighted by Crippen LogP contribution is 2.38. The predicted molar refractivity (Wildman–Crippen MR) is 70.6 cm³/mol. The number of alkyl halides is 3. The van der Waals surface area contributed by atoms with E-state index in [4.69, 9.17) is 17.3 Å². The van der Waals surface area contributed by atoms with Gasteiger partial charge in [-0.3, -0.25) is 0 Å². The average molecular weight is 293 g/mol. The molecule has 1 aliphatic carbocycles. The van der Waals surface area contributed by atoms with Crippen LogP contribution < -0.4 is 10.6 Å². The third-order valence-corrected chi connectivity index (χ3v) is 3.39. The van der Waals surface area contributed by atoms with Crippen molar-refractivity contribution in [3.05, 3.63) is 28.8 Å². The van der Waals surface area contributed by atoms with E-state index in [1.54, 1.807) is 18.2 Å². The van der Waals surface area contributed by atoms with Crippen LogP contribution in [0.2, 0.25) is 5.02 Å². The van der Waals surface area contributed by atoms with Crippen molar-refractivity contribution >= 4 is 17.3 Å². The van der Waals surface area contributed by atoms with Crippen LogP contribution in [0.3, 0.4) is 0 Å². The molecule has 1 aliphatic rings. The van der Waals surface area contributed by atoms with Crippen molar-refractivity contribution in [1.29, 1.82) is 0 Å². The predicted octanol–water partition coefficient (Wildman–Crippen LogP) is 3.37. The lowest BCUT2D eigenvalue weighted by molar-refractivity contribution is -0.119. The Hall–Kier alpha value is -0.940. The van der Waals surface area contributed by atoms with Crippen molar-refractivity contribution in [2.75, 3.05) is 18.0 Å². The van der Waals surface area contributed by atoms with Gasteiger partial charge in [0.1, 0.15) is 6.54 Å². The molecule has 1 saturated carbocycles. The van der Waals surface area contributed by atoms with Crippen LogP contribution in [0.5, 0.6) is 0 Å². The molecule has 106 valence electrons. The summed E-state index contributed by atoms with van der Waals surface area (Å²) in [5, 5.41) is 0.363. The summed E-state index contributed by atoms with van der Waals surface area (Å²) in [6.45, 7) is -0.460. The van der Waals surface area contributed by atoms with Crippen LogP contribution in [0.15, 0.2) is 18.2 Å². The van der Waals surface area contributed by atoms with Gasteiger partial charge in [-0.15, -0.1) is 0 Å². The molecule has 1 aromatic carbocycles. The smallest absolute Gasteiger partial charge is 0.358 e. The first-order valence-corrected chi connectivity index (χ1v) is 6.60. The molecule has 1 aromatic rings. The molecule has 1 fully saturated rings. The van der Waals surface area contributed by atoms with Crippen LogP contribution in [0.1, 0.15) is 18.4 Å². The lowest BCUT2D eigenvalue weighted by atomic mass is 10.1. The van der Waals surface area contributed by atoms with Crippen molar-refractivity contribution in [1.82, 2.24) is 0 Å². The maximum absolute atomic E-state index is 12.6. The number of hydrogen-bond donors (Lipinski definition) is 1. The summed E-state index contributed by atoms with van der Waals surface area (Å²) in [7, 11) is 0. The lowest BCUT2D eigenvalue weighted by Crippen LogP contribution is -2.36. The van der Waals surface area contributed by atoms with Gasteiger partial charge in [-0.05, 0) is 43.5 Å². The topological polar surface area (TPSA) is 29.3 Å². The van der Waals surface area contributed by atoms with Gasteiger partial charge in [-0.25, -0.2) is 0 Å². The summed E-state index contributed by atoms with van der Waals surface area (Å²) >= 11 is 6.11. The third-order valence-electron chi connectivity index (χ3n) is 3.09. The Morgan fingerprint density at radius 1 is 1.32 bits per heavy atom. The minimum atomic E-state index is -4.22. The van der Waals surface area contributed by atoms with Crippen LogP contribution in [-0.4, -0.2) is 25.3 Å². The molecule has 0 atom stereocenters. The molecule has 2 rings (SSSR count). The minimum Gasteiger partial charge on any atom is -0.358 e. The molecule has 0 bridgehead atoms. The second-order valence-electron chi connectivity index (χ2n) is 4.80. The summed E-state index contributed by atoms with van der Waals surface area (Å²) in [6, 6.07) is 5.12. The molecule has 2 N–H and O–H groups in total. The SMILES string of the molecule is NCCc1ccc(N(CC(F)(F)F)C2CC2)c(Cl)c1. The van der Waals surface area contributed by atoms with Crippen molar-refractivity contribution in [3.63, 3.8) is 0 Å². The Bertz CT molecular complexity index is 444. The molecular weight excluding hydrogens is 277 g/mol. The highest BCUT2D eigenvalue weighted by atomic mass is 35.5. The fourth-order valence-corrected chi connectivity index (χ4v) is 2.41. The van der Waals surface area contributed by atoms with Gasteiger partial charge in [-0.2, -0.15) is 13.2 Å². The molecule has 0 amide bonds. The van der Waals surface area contributed by atoms with E-state index in [-0.39, 0.29) is 6.04 Å². The second-order valence-corrected chi connectivity index (χ2v) is 5.21. The van der Waals surface area contributed by atoms with Gasteiger partial charge in [0.2, 0.25) is 0 Å². The minimum absolute atomic E-state index is 0.0421. The van der Waals surface area contributed by atoms with E-state index in [1.165, 1.54) is 4.90 Å². The summed E-state index contributed by atoms with van der Waals surface area (Å²) in [4.78, 5) is 1.36. The maximum Gasteiger partial charge on any atom is 0.405 e. The van der Waals surface area contributed by atoms with Gasteiger partial charge in [0.15, 0.2) is 0 Å². The Balaban J connectivity index is 2.21. The van der Waals surface area contributed by atoms with Gasteiger partial charge in [-0.1, -0.05) is 17.7 Å². The first-order valence-electron chi connectivity index (χ1n) is 6.22. The monoisotopic (exact) mass is 292 g/mol. The Morgan fingerprint density at radius 3 is 2.47 bits per heavy atom. The zero-order chi connectivity index (χ0) is 14.0. The Labute approximate surface area is 115 Å². The second kappa shape index (κ2) is 5.59. The number of hydrogen-bond acceptors (Lipinski definition) is 2. The molecule has 2 nitrogen and oxygen atoms in total. The van der Waals surface area contributed by atoms with E-state index < -0.39 is 12.7 Å². The first kappa shape index (κ1) is 14.5. The number of nitrogens with two attached hydrogens (primary N) is 1. The van der Waals surface area contributed by atoms with Crippen molar-refractivity contribution in [2.24, 2.45) is 5.73 Å². The molecular formula is C13H16ClF3N2. The fourth-order valence-electron chi connectivity index (χ4n) is 2.10. The molecule has 6 heteroatoms. The van der Waals surface area contributed by atoms with Crippen LogP contribution in [-0.2, 0) is 6.42 Å². The molecule has 0 aromatic heterocycles. The molecule has 0 spiro atoms. The van der Waals surface area contributed by atoms with Crippen LogP contribution >= 0.6 is 11.6 Å². The standard InChI is InChI=1S/C13H16ClF3N2/c14-11-7-9(5-6-18)1-4-12(11)19(10-2-3-10)8-13(15,16)17/h1,4,7,10H,2-3,5-6,8,18H2. The molecule has 0 radical (unpaired) electrons. The summed E-state index contributed by atoms with van der Waals surface area (Å²) in [5.41, 5.74) is 6.85. The van der Waals surface area contributed by atoms with Crippen LogP contribution in [0.4, 0.5) is 18.9 Å². The lowest BCUT2D eigenvalue weighted by Gasteiger charge is -2.27. The largest absolute Gasteiger partial charge is 0.405 e. The Kier molecular flexibility index (Phi) is 4.26. The molecule has 19 heavy (non-hydrogen) atoms. The van der Waals surface area contributed by atoms with Crippen LogP contribution in [0.25, 0.3) is 0 Å². The number of rotatable bonds is 5. The van der Waals surface area contributed by atoms with Crippen LogP contribution in [0, 0.1) is 0 Å². The summed E-state index contributed by atoms with van der Waals surface area (Å²) in [5.74, 6) is 0. The van der Waals surface area contributed by atoms with Crippen molar-refractivity contribution in [3.8, 4) is 0 Å². The summed E-state index contributed by atoms with van der Waals surface area (Å²) in [6.07, 6.45) is -1.97. The zero-order valence-corrected chi connectivity index (χ0v) is 11.1. The highest BCUT2D eigenvalue weighted by Gasteiger charge is 2.38. The molecule has 0 aliphatic heterocycles. The first-order chi connectivity index (χ1) is 8.90. The molecule has 0 heterocycles. The van der Waals surface area contributed by atoms with E-state index in [0.29, 0.717) is 23.7 Å². The number of nitrogens with zero attached hydrogens (tertiary/aromatic N) is 1. The van der Waals surface area contributed by atoms with E-state index in [2.05, 4.69) is 0 Å². The number of halogens is 4. The van der Waals surface area contributed by atoms with E-state index in [0.717, 1.165) is 18.4 Å². The fraction of sp³-hybridized carbons (Fsp3) is 0.538. The third kappa shape index (κ3) is 4.01. The Morgan fingerprint density at radius 2 is 2.00 bits per heavy atom. The number of anilines is 1. The van der Waals surface area contributed by atoms with E-state index in [1.807, 2.05) is 0 Å². The zero-order valence-electron chi connectivity index (χ0n) is 10.4. The molecule has 0 saturated heterocycles. The van der Waals surface area contributed by atoms with Crippen molar-refractivity contribution < 1.29 is 13.2 Å². The van der Waals surface area contributed by atoms with Gasteiger partial charge in [0.05, 0.1) is 10.7 Å². The maximum atomic E-state index is 12.6. The van der Waals surface area contributed by atoms with Gasteiger partial charge in [0.25, 0.3) is 0 Å². The van der Waals surface area contributed by atoms with Crippen molar-refractivity contribution in [2.45, 2.75) is 31.5 Å². The van der Waals surface area contributed by atoms with E-state index >= 15 is 0 Å². The normalized spacial score (nSPS) is 15.6. The average Bonchev–Trinajstić information content (AvgIpc) is 3.09. The highest BCUT2D eigenvalue weighted by molar-refractivity contribution is 6.33. The number of benzene rings is 1. The van der Waals surface area contributed by atoms with Gasteiger partial charge >= 0.3 is 6.18 Å². The van der Waals surface area contributed by atoms with E-state index in [9.17, 15) is 13.2 Å².